The first kappa shape index (κ1) is 19.0. The average Bonchev–Trinajstić information content (AvgIpc) is 2.55. The maximum atomic E-state index is 12.3. The van der Waals surface area contributed by atoms with E-state index in [2.05, 4.69) is 18.6 Å². The Morgan fingerprint density at radius 1 is 1.09 bits per heavy atom. The number of amides is 1. The number of methoxy groups -OCH3 is 1. The number of hydrogen-bond acceptors (Lipinski definition) is 4. The molecule has 0 saturated carbocycles. The molecular weight excluding hydrogens is 294 g/mol. The largest absolute Gasteiger partial charge is 0.493 e. The van der Waals surface area contributed by atoms with Crippen LogP contribution in [0.1, 0.15) is 33.1 Å². The standard InChI is InChI=1S/C18H27NO4/c1-15(2)9-12-19(13-10-18(21)22-3)17(20)11-14-23-16-7-5-4-6-8-16/h4-8,15H,9-14H2,1-3H3. The average molecular weight is 321 g/mol. The van der Waals surface area contributed by atoms with Crippen LogP contribution < -0.4 is 4.74 Å². The molecule has 5 nitrogen and oxygen atoms in total. The Bertz CT molecular complexity index is 473. The van der Waals surface area contributed by atoms with E-state index >= 15 is 0 Å². The van der Waals surface area contributed by atoms with Crippen LogP contribution in [0.2, 0.25) is 0 Å². The number of carbonyl (C=O) groups is 2. The molecule has 0 atom stereocenters. The summed E-state index contributed by atoms with van der Waals surface area (Å²) in [5, 5.41) is 0. The first-order chi connectivity index (χ1) is 11.0. The normalized spacial score (nSPS) is 10.4. The van der Waals surface area contributed by atoms with E-state index in [-0.39, 0.29) is 18.3 Å². The van der Waals surface area contributed by atoms with E-state index in [4.69, 9.17) is 4.74 Å². The fourth-order valence-electron chi connectivity index (χ4n) is 2.03. The minimum atomic E-state index is -0.298. The molecule has 0 aliphatic heterocycles. The van der Waals surface area contributed by atoms with Crippen molar-refractivity contribution in [2.75, 3.05) is 26.8 Å². The summed E-state index contributed by atoms with van der Waals surface area (Å²) in [6, 6.07) is 9.42. The van der Waals surface area contributed by atoms with Gasteiger partial charge in [0.15, 0.2) is 0 Å². The zero-order valence-corrected chi connectivity index (χ0v) is 14.3. The highest BCUT2D eigenvalue weighted by Gasteiger charge is 2.15. The van der Waals surface area contributed by atoms with Gasteiger partial charge in [-0.05, 0) is 24.5 Å². The summed E-state index contributed by atoms with van der Waals surface area (Å²) in [4.78, 5) is 25.4. The van der Waals surface area contributed by atoms with Crippen LogP contribution in [0, 0.1) is 5.92 Å². The van der Waals surface area contributed by atoms with Crippen LogP contribution in [-0.4, -0.2) is 43.6 Å². The van der Waals surface area contributed by atoms with Crippen LogP contribution >= 0.6 is 0 Å². The first-order valence-electron chi connectivity index (χ1n) is 8.05. The van der Waals surface area contributed by atoms with Gasteiger partial charge in [0, 0.05) is 13.1 Å². The van der Waals surface area contributed by atoms with Crippen molar-refractivity contribution < 1.29 is 19.1 Å². The predicted molar refractivity (Wildman–Crippen MR) is 89.2 cm³/mol. The Morgan fingerprint density at radius 3 is 2.39 bits per heavy atom. The van der Waals surface area contributed by atoms with Gasteiger partial charge in [-0.1, -0.05) is 32.0 Å². The Balaban J connectivity index is 2.44. The van der Waals surface area contributed by atoms with Gasteiger partial charge in [0.2, 0.25) is 5.91 Å². The molecule has 0 radical (unpaired) electrons. The van der Waals surface area contributed by atoms with Crippen molar-refractivity contribution in [1.29, 1.82) is 0 Å². The van der Waals surface area contributed by atoms with Gasteiger partial charge in [-0.2, -0.15) is 0 Å². The Kier molecular flexibility index (Phi) is 8.80. The minimum absolute atomic E-state index is 0.00508. The third-order valence-electron chi connectivity index (χ3n) is 3.47. The number of benzene rings is 1. The summed E-state index contributed by atoms with van der Waals surface area (Å²) >= 11 is 0. The van der Waals surface area contributed by atoms with Crippen molar-refractivity contribution in [1.82, 2.24) is 4.90 Å². The molecule has 1 aromatic carbocycles. The van der Waals surface area contributed by atoms with Gasteiger partial charge in [-0.25, -0.2) is 0 Å². The molecule has 0 spiro atoms. The minimum Gasteiger partial charge on any atom is -0.493 e. The van der Waals surface area contributed by atoms with Crippen LogP contribution in [0.25, 0.3) is 0 Å². The topological polar surface area (TPSA) is 55.8 Å². The highest BCUT2D eigenvalue weighted by molar-refractivity contribution is 5.77. The second kappa shape index (κ2) is 10.6. The van der Waals surface area contributed by atoms with E-state index in [1.165, 1.54) is 7.11 Å². The van der Waals surface area contributed by atoms with E-state index in [9.17, 15) is 9.59 Å². The summed E-state index contributed by atoms with van der Waals surface area (Å²) in [6.07, 6.45) is 1.43. The molecule has 23 heavy (non-hydrogen) atoms. The molecular formula is C18H27NO4. The summed E-state index contributed by atoms with van der Waals surface area (Å²) < 4.78 is 10.2. The van der Waals surface area contributed by atoms with Crippen molar-refractivity contribution in [2.24, 2.45) is 5.92 Å². The smallest absolute Gasteiger partial charge is 0.307 e. The number of esters is 1. The summed E-state index contributed by atoms with van der Waals surface area (Å²) in [5.74, 6) is 0.964. The zero-order valence-electron chi connectivity index (χ0n) is 14.3. The van der Waals surface area contributed by atoms with E-state index in [0.717, 1.165) is 12.2 Å². The lowest BCUT2D eigenvalue weighted by atomic mass is 10.1. The molecule has 0 aromatic heterocycles. The van der Waals surface area contributed by atoms with E-state index in [1.807, 2.05) is 30.3 Å². The number of rotatable bonds is 10. The van der Waals surface area contributed by atoms with E-state index in [0.29, 0.717) is 32.0 Å². The third-order valence-corrected chi connectivity index (χ3v) is 3.47. The Morgan fingerprint density at radius 2 is 1.78 bits per heavy atom. The number of hydrogen-bond donors (Lipinski definition) is 0. The lowest BCUT2D eigenvalue weighted by Gasteiger charge is -2.23. The molecule has 0 aliphatic rings. The maximum absolute atomic E-state index is 12.3. The van der Waals surface area contributed by atoms with Gasteiger partial charge < -0.3 is 14.4 Å². The summed E-state index contributed by atoms with van der Waals surface area (Å²) in [5.41, 5.74) is 0. The van der Waals surface area contributed by atoms with Crippen molar-refractivity contribution in [2.45, 2.75) is 33.1 Å². The van der Waals surface area contributed by atoms with Crippen LogP contribution in [0.4, 0.5) is 0 Å². The van der Waals surface area contributed by atoms with Crippen molar-refractivity contribution in [3.63, 3.8) is 0 Å². The van der Waals surface area contributed by atoms with E-state index in [1.54, 1.807) is 4.90 Å². The number of para-hydroxylation sites is 1. The van der Waals surface area contributed by atoms with Crippen molar-refractivity contribution >= 4 is 11.9 Å². The Labute approximate surface area is 138 Å². The molecule has 0 N–H and O–H groups in total. The molecule has 128 valence electrons. The fraction of sp³-hybridized carbons (Fsp3) is 0.556. The lowest BCUT2D eigenvalue weighted by Crippen LogP contribution is -2.35. The SMILES string of the molecule is COC(=O)CCN(CCC(C)C)C(=O)CCOc1ccccc1. The second-order valence-corrected chi connectivity index (χ2v) is 5.80. The summed E-state index contributed by atoms with van der Waals surface area (Å²) in [6.45, 7) is 5.60. The van der Waals surface area contributed by atoms with Crippen LogP contribution in [0.5, 0.6) is 5.75 Å². The second-order valence-electron chi connectivity index (χ2n) is 5.80. The zero-order chi connectivity index (χ0) is 17.1. The van der Waals surface area contributed by atoms with Gasteiger partial charge in [0.25, 0.3) is 0 Å². The molecule has 0 bridgehead atoms. The highest BCUT2D eigenvalue weighted by Crippen LogP contribution is 2.10. The quantitative estimate of drug-likeness (QED) is 0.622. The predicted octanol–water partition coefficient (Wildman–Crippen LogP) is 2.89. The van der Waals surface area contributed by atoms with Crippen LogP contribution in [0.15, 0.2) is 30.3 Å². The third kappa shape index (κ3) is 8.24. The number of nitrogens with zero attached hydrogens (tertiary/aromatic N) is 1. The van der Waals surface area contributed by atoms with Gasteiger partial charge in [-0.15, -0.1) is 0 Å². The monoisotopic (exact) mass is 321 g/mol. The lowest BCUT2D eigenvalue weighted by molar-refractivity contribution is -0.141. The summed E-state index contributed by atoms with van der Waals surface area (Å²) in [7, 11) is 1.36. The van der Waals surface area contributed by atoms with Gasteiger partial charge >= 0.3 is 5.97 Å². The van der Waals surface area contributed by atoms with Crippen molar-refractivity contribution in [3.05, 3.63) is 30.3 Å². The van der Waals surface area contributed by atoms with Crippen molar-refractivity contribution in [3.8, 4) is 5.75 Å². The van der Waals surface area contributed by atoms with E-state index < -0.39 is 0 Å². The number of carbonyl (C=O) groups excluding carboxylic acids is 2. The van der Waals surface area contributed by atoms with Crippen LogP contribution in [0.3, 0.4) is 0 Å². The Hall–Kier alpha value is -2.04. The molecule has 0 heterocycles. The van der Waals surface area contributed by atoms with Gasteiger partial charge in [0.05, 0.1) is 26.6 Å². The van der Waals surface area contributed by atoms with Gasteiger partial charge in [-0.3, -0.25) is 9.59 Å². The first-order valence-corrected chi connectivity index (χ1v) is 8.05. The van der Waals surface area contributed by atoms with Gasteiger partial charge in [0.1, 0.15) is 5.75 Å². The molecule has 5 heteroatoms. The molecule has 1 amide bonds. The highest BCUT2D eigenvalue weighted by atomic mass is 16.5. The van der Waals surface area contributed by atoms with Crippen LogP contribution in [-0.2, 0) is 14.3 Å². The molecule has 0 aliphatic carbocycles. The number of ether oxygens (including phenoxy) is 2. The molecule has 1 rings (SSSR count). The maximum Gasteiger partial charge on any atom is 0.307 e. The molecule has 1 aromatic rings. The molecule has 0 unspecified atom stereocenters. The molecule has 0 fully saturated rings. The fourth-order valence-corrected chi connectivity index (χ4v) is 2.03. The molecule has 0 saturated heterocycles.